The van der Waals surface area contributed by atoms with Crippen molar-refractivity contribution in [3.05, 3.63) is 44.9 Å². The van der Waals surface area contributed by atoms with Gasteiger partial charge in [0.2, 0.25) is 5.91 Å². The van der Waals surface area contributed by atoms with Crippen molar-refractivity contribution in [2.45, 2.75) is 6.42 Å². The Balaban J connectivity index is 2.14. The monoisotopic (exact) mass is 334 g/mol. The number of nitrogens with one attached hydrogen (secondary N) is 1. The van der Waals surface area contributed by atoms with E-state index < -0.39 is 0 Å². The van der Waals surface area contributed by atoms with Crippen molar-refractivity contribution in [1.29, 1.82) is 0 Å². The third-order valence-electron chi connectivity index (χ3n) is 2.33. The van der Waals surface area contributed by atoms with Crippen LogP contribution in [0.25, 0.3) is 0 Å². The van der Waals surface area contributed by atoms with Crippen molar-refractivity contribution in [3.63, 3.8) is 0 Å². The van der Waals surface area contributed by atoms with Crippen LogP contribution in [0.5, 0.6) is 0 Å². The molecule has 0 atom stereocenters. The van der Waals surface area contributed by atoms with Gasteiger partial charge in [-0.25, -0.2) is 4.98 Å². The van der Waals surface area contributed by atoms with Gasteiger partial charge in [0.05, 0.1) is 0 Å². The van der Waals surface area contributed by atoms with Crippen LogP contribution in [-0.4, -0.2) is 16.8 Å². The standard InChI is InChI=1S/C12H9Cl3N2OS/c13-5-11(18)17-12-16-6-7(19-12)4-8-9(14)2-1-3-10(8)15/h1-3,6H,4-5H2,(H,16,17,18). The molecule has 3 nitrogen and oxygen atoms in total. The number of halogens is 3. The van der Waals surface area contributed by atoms with Crippen molar-refractivity contribution in [2.75, 3.05) is 11.2 Å². The lowest BCUT2D eigenvalue weighted by atomic mass is 10.1. The van der Waals surface area contributed by atoms with Crippen LogP contribution in [0.4, 0.5) is 5.13 Å². The first kappa shape index (κ1) is 14.6. The fraction of sp³-hybridized carbons (Fsp3) is 0.167. The number of hydrogen-bond donors (Lipinski definition) is 1. The molecule has 0 unspecified atom stereocenters. The van der Waals surface area contributed by atoms with E-state index in [1.807, 2.05) is 0 Å². The van der Waals surface area contributed by atoms with Gasteiger partial charge in [-0.3, -0.25) is 4.79 Å². The van der Waals surface area contributed by atoms with Crippen molar-refractivity contribution in [1.82, 2.24) is 4.98 Å². The number of amides is 1. The van der Waals surface area contributed by atoms with Gasteiger partial charge in [0, 0.05) is 27.5 Å². The maximum atomic E-state index is 11.1. The minimum Gasteiger partial charge on any atom is -0.301 e. The molecule has 2 aromatic rings. The molecule has 0 saturated heterocycles. The number of thiazole rings is 1. The van der Waals surface area contributed by atoms with E-state index in [0.717, 1.165) is 10.4 Å². The zero-order valence-corrected chi connectivity index (χ0v) is 12.7. The quantitative estimate of drug-likeness (QED) is 0.850. The second-order valence-electron chi connectivity index (χ2n) is 3.69. The second-order valence-corrected chi connectivity index (χ2v) is 5.89. The van der Waals surface area contributed by atoms with E-state index in [-0.39, 0.29) is 11.8 Å². The molecule has 0 fully saturated rings. The average Bonchev–Trinajstić information content (AvgIpc) is 2.81. The number of hydrogen-bond acceptors (Lipinski definition) is 3. The van der Waals surface area contributed by atoms with E-state index in [1.165, 1.54) is 11.3 Å². The topological polar surface area (TPSA) is 42.0 Å². The molecule has 0 spiro atoms. The summed E-state index contributed by atoms with van der Waals surface area (Å²) in [7, 11) is 0. The van der Waals surface area contributed by atoms with E-state index in [2.05, 4.69) is 10.3 Å². The molecule has 19 heavy (non-hydrogen) atoms. The minimum absolute atomic E-state index is 0.0920. The Kier molecular flexibility index (Phi) is 5.05. The number of alkyl halides is 1. The number of nitrogens with zero attached hydrogens (tertiary/aromatic N) is 1. The van der Waals surface area contributed by atoms with Gasteiger partial charge in [-0.2, -0.15) is 0 Å². The normalized spacial score (nSPS) is 10.5. The van der Waals surface area contributed by atoms with Crippen LogP contribution >= 0.6 is 46.1 Å². The van der Waals surface area contributed by atoms with E-state index >= 15 is 0 Å². The van der Waals surface area contributed by atoms with Crippen LogP contribution in [0.15, 0.2) is 24.4 Å². The smallest absolute Gasteiger partial charge is 0.241 e. The highest BCUT2D eigenvalue weighted by atomic mass is 35.5. The summed E-state index contributed by atoms with van der Waals surface area (Å²) in [6.07, 6.45) is 2.26. The van der Waals surface area contributed by atoms with Crippen molar-refractivity contribution < 1.29 is 4.79 Å². The number of benzene rings is 1. The summed E-state index contributed by atoms with van der Waals surface area (Å²) in [6, 6.07) is 5.38. The Labute approximate surface area is 129 Å². The maximum absolute atomic E-state index is 11.1. The lowest BCUT2D eigenvalue weighted by Gasteiger charge is -2.04. The Morgan fingerprint density at radius 3 is 2.63 bits per heavy atom. The summed E-state index contributed by atoms with van der Waals surface area (Å²) in [6.45, 7) is 0. The van der Waals surface area contributed by atoms with Crippen LogP contribution in [0.1, 0.15) is 10.4 Å². The molecular formula is C12H9Cl3N2OS. The largest absolute Gasteiger partial charge is 0.301 e. The summed E-state index contributed by atoms with van der Waals surface area (Å²) in [5.41, 5.74) is 0.852. The van der Waals surface area contributed by atoms with Crippen LogP contribution in [0.2, 0.25) is 10.0 Å². The maximum Gasteiger partial charge on any atom is 0.241 e. The van der Waals surface area contributed by atoms with Gasteiger partial charge < -0.3 is 5.32 Å². The Bertz CT molecular complexity index is 580. The van der Waals surface area contributed by atoms with E-state index in [0.29, 0.717) is 21.6 Å². The summed E-state index contributed by atoms with van der Waals surface area (Å²) in [4.78, 5) is 16.2. The number of aromatic nitrogens is 1. The Hall–Kier alpha value is -0.810. The molecule has 0 bridgehead atoms. The molecule has 7 heteroatoms. The minimum atomic E-state index is -0.279. The number of carbonyl (C=O) groups excluding carboxylic acids is 1. The molecule has 1 aromatic heterocycles. The lowest BCUT2D eigenvalue weighted by Crippen LogP contribution is -2.11. The van der Waals surface area contributed by atoms with Gasteiger partial charge in [-0.15, -0.1) is 22.9 Å². The highest BCUT2D eigenvalue weighted by molar-refractivity contribution is 7.15. The lowest BCUT2D eigenvalue weighted by molar-refractivity contribution is -0.113. The molecule has 1 aromatic carbocycles. The van der Waals surface area contributed by atoms with Crippen molar-refractivity contribution in [3.8, 4) is 0 Å². The second kappa shape index (κ2) is 6.57. The van der Waals surface area contributed by atoms with Gasteiger partial charge >= 0.3 is 0 Å². The van der Waals surface area contributed by atoms with Gasteiger partial charge in [-0.1, -0.05) is 29.3 Å². The Morgan fingerprint density at radius 1 is 1.32 bits per heavy atom. The van der Waals surface area contributed by atoms with Crippen molar-refractivity contribution in [2.24, 2.45) is 0 Å². The molecule has 0 aliphatic rings. The van der Waals surface area contributed by atoms with Crippen LogP contribution in [-0.2, 0) is 11.2 Å². The molecule has 1 amide bonds. The molecule has 0 aliphatic carbocycles. The number of anilines is 1. The molecular weight excluding hydrogens is 327 g/mol. The molecule has 1 N–H and O–H groups in total. The first-order valence-corrected chi connectivity index (χ1v) is 7.44. The van der Waals surface area contributed by atoms with Crippen LogP contribution in [0, 0.1) is 0 Å². The van der Waals surface area contributed by atoms with E-state index in [9.17, 15) is 4.79 Å². The van der Waals surface area contributed by atoms with Gasteiger partial charge in [0.25, 0.3) is 0 Å². The summed E-state index contributed by atoms with van der Waals surface area (Å²) in [5, 5.41) is 4.35. The molecule has 100 valence electrons. The first-order valence-electron chi connectivity index (χ1n) is 5.33. The third-order valence-corrected chi connectivity index (χ3v) is 4.20. The fourth-order valence-electron chi connectivity index (χ4n) is 1.48. The van der Waals surface area contributed by atoms with E-state index in [4.69, 9.17) is 34.8 Å². The van der Waals surface area contributed by atoms with Gasteiger partial charge in [0.15, 0.2) is 5.13 Å². The third kappa shape index (κ3) is 3.83. The zero-order chi connectivity index (χ0) is 13.8. The van der Waals surface area contributed by atoms with Crippen LogP contribution < -0.4 is 5.32 Å². The van der Waals surface area contributed by atoms with Gasteiger partial charge in [-0.05, 0) is 17.7 Å². The fourth-order valence-corrected chi connectivity index (χ4v) is 2.91. The predicted octanol–water partition coefficient (Wildman–Crippen LogP) is 4.22. The van der Waals surface area contributed by atoms with Gasteiger partial charge in [0.1, 0.15) is 5.88 Å². The highest BCUT2D eigenvalue weighted by Gasteiger charge is 2.10. The SMILES string of the molecule is O=C(CCl)Nc1ncc(Cc2c(Cl)cccc2Cl)s1. The average molecular weight is 336 g/mol. The predicted molar refractivity (Wildman–Crippen MR) is 80.7 cm³/mol. The van der Waals surface area contributed by atoms with Crippen molar-refractivity contribution >= 4 is 57.2 Å². The summed E-state index contributed by atoms with van der Waals surface area (Å²) < 4.78 is 0. The van der Waals surface area contributed by atoms with E-state index in [1.54, 1.807) is 24.4 Å². The first-order chi connectivity index (χ1) is 9.10. The summed E-state index contributed by atoms with van der Waals surface area (Å²) >= 11 is 19.0. The van der Waals surface area contributed by atoms with Crippen LogP contribution in [0.3, 0.4) is 0 Å². The Morgan fingerprint density at radius 2 is 2.00 bits per heavy atom. The number of rotatable bonds is 4. The molecule has 0 saturated carbocycles. The zero-order valence-electron chi connectivity index (χ0n) is 9.62. The highest BCUT2D eigenvalue weighted by Crippen LogP contribution is 2.29. The summed E-state index contributed by atoms with van der Waals surface area (Å²) in [5.74, 6) is -0.371. The molecule has 1 heterocycles. The number of carbonyl (C=O) groups is 1. The molecule has 0 radical (unpaired) electrons. The molecule has 0 aliphatic heterocycles. The molecule has 2 rings (SSSR count).